The average molecular weight is 431 g/mol. The van der Waals surface area contributed by atoms with Crippen LogP contribution in [0.1, 0.15) is 29.9 Å². The van der Waals surface area contributed by atoms with Crippen molar-refractivity contribution >= 4 is 32.6 Å². The number of nitrogens with one attached hydrogen (secondary N) is 1. The molecule has 1 N–H and O–H groups in total. The van der Waals surface area contributed by atoms with E-state index in [9.17, 15) is 18.0 Å². The van der Waals surface area contributed by atoms with Crippen LogP contribution in [-0.4, -0.2) is 36.4 Å². The standard InChI is InChI=1S/C20H21N3O6S/c1-11-9-18(24)28-17-10-14(6-7-15(11)17)21-20(25)16-5-4-8-23(16)30(26,27)19-12(2)22-29-13(19)3/h6-7,9-10,16H,4-5,8H2,1-3H3,(H,21,25)/t16-/m0/s1. The van der Waals surface area contributed by atoms with Crippen LogP contribution in [0.2, 0.25) is 0 Å². The van der Waals surface area contributed by atoms with Crippen molar-refractivity contribution < 1.29 is 22.2 Å². The number of aromatic nitrogens is 1. The molecular weight excluding hydrogens is 410 g/mol. The number of benzene rings is 1. The van der Waals surface area contributed by atoms with Crippen molar-refractivity contribution in [3.63, 3.8) is 0 Å². The molecule has 1 aliphatic heterocycles. The van der Waals surface area contributed by atoms with E-state index >= 15 is 0 Å². The molecule has 0 aliphatic carbocycles. The highest BCUT2D eigenvalue weighted by atomic mass is 32.2. The van der Waals surface area contributed by atoms with E-state index in [1.165, 1.54) is 17.3 Å². The van der Waals surface area contributed by atoms with E-state index in [4.69, 9.17) is 8.94 Å². The molecule has 10 heteroatoms. The predicted octanol–water partition coefficient (Wildman–Crippen LogP) is 2.50. The first-order valence-electron chi connectivity index (χ1n) is 9.48. The largest absolute Gasteiger partial charge is 0.423 e. The molecule has 1 amide bonds. The maximum Gasteiger partial charge on any atom is 0.336 e. The zero-order chi connectivity index (χ0) is 21.6. The Morgan fingerprint density at radius 3 is 2.70 bits per heavy atom. The SMILES string of the molecule is Cc1noc(C)c1S(=O)(=O)N1CCC[C@H]1C(=O)Nc1ccc2c(C)cc(=O)oc2c1. The summed E-state index contributed by atoms with van der Waals surface area (Å²) in [4.78, 5) is 24.6. The van der Waals surface area contributed by atoms with Gasteiger partial charge in [-0.25, -0.2) is 13.2 Å². The van der Waals surface area contributed by atoms with E-state index in [2.05, 4.69) is 10.5 Å². The minimum atomic E-state index is -3.93. The second-order valence-electron chi connectivity index (χ2n) is 7.38. The van der Waals surface area contributed by atoms with E-state index in [1.54, 1.807) is 32.0 Å². The molecule has 0 bridgehead atoms. The second kappa shape index (κ2) is 7.37. The number of amides is 1. The van der Waals surface area contributed by atoms with E-state index < -0.39 is 27.6 Å². The Bertz CT molecular complexity index is 1290. The van der Waals surface area contributed by atoms with Crippen molar-refractivity contribution in [3.05, 3.63) is 51.7 Å². The molecule has 1 fully saturated rings. The van der Waals surface area contributed by atoms with Gasteiger partial charge in [0, 0.05) is 29.8 Å². The number of carbonyl (C=O) groups excluding carboxylic acids is 1. The lowest BCUT2D eigenvalue weighted by molar-refractivity contribution is -0.119. The van der Waals surface area contributed by atoms with Crippen LogP contribution in [0, 0.1) is 20.8 Å². The van der Waals surface area contributed by atoms with Crippen LogP contribution in [0.25, 0.3) is 11.0 Å². The number of fused-ring (bicyclic) bond motifs is 1. The third-order valence-electron chi connectivity index (χ3n) is 5.26. The molecule has 3 heterocycles. The second-order valence-corrected chi connectivity index (χ2v) is 9.20. The molecule has 3 aromatic rings. The van der Waals surface area contributed by atoms with Gasteiger partial charge < -0.3 is 14.3 Å². The predicted molar refractivity (Wildman–Crippen MR) is 109 cm³/mol. The summed E-state index contributed by atoms with van der Waals surface area (Å²) in [6, 6.07) is 5.54. The van der Waals surface area contributed by atoms with Gasteiger partial charge in [0.25, 0.3) is 0 Å². The normalized spacial score (nSPS) is 17.5. The molecule has 1 aromatic carbocycles. The number of anilines is 1. The van der Waals surface area contributed by atoms with E-state index in [1.807, 2.05) is 0 Å². The van der Waals surface area contributed by atoms with E-state index in [0.717, 1.165) is 10.9 Å². The number of rotatable bonds is 4. The van der Waals surface area contributed by atoms with Crippen LogP contribution in [0.15, 0.2) is 42.9 Å². The van der Waals surface area contributed by atoms with Gasteiger partial charge in [-0.2, -0.15) is 4.31 Å². The molecule has 9 nitrogen and oxygen atoms in total. The highest BCUT2D eigenvalue weighted by molar-refractivity contribution is 7.89. The van der Waals surface area contributed by atoms with E-state index in [-0.39, 0.29) is 22.9 Å². The van der Waals surface area contributed by atoms with Crippen LogP contribution < -0.4 is 10.9 Å². The summed E-state index contributed by atoms with van der Waals surface area (Å²) in [6.45, 7) is 5.12. The van der Waals surface area contributed by atoms with Gasteiger partial charge in [-0.1, -0.05) is 5.16 Å². The summed E-state index contributed by atoms with van der Waals surface area (Å²) in [6.07, 6.45) is 0.961. The van der Waals surface area contributed by atoms with Gasteiger partial charge in [0.1, 0.15) is 22.2 Å². The zero-order valence-electron chi connectivity index (χ0n) is 16.8. The summed E-state index contributed by atoms with van der Waals surface area (Å²) in [7, 11) is -3.93. The zero-order valence-corrected chi connectivity index (χ0v) is 17.6. The minimum absolute atomic E-state index is 0.00477. The summed E-state index contributed by atoms with van der Waals surface area (Å²) in [5, 5.41) is 7.22. The molecule has 0 unspecified atom stereocenters. The molecule has 4 rings (SSSR count). The lowest BCUT2D eigenvalue weighted by Gasteiger charge is -2.23. The summed E-state index contributed by atoms with van der Waals surface area (Å²) < 4.78 is 37.7. The number of sulfonamides is 1. The number of hydrogen-bond acceptors (Lipinski definition) is 7. The molecule has 2 aromatic heterocycles. The first-order chi connectivity index (χ1) is 14.2. The quantitative estimate of drug-likeness (QED) is 0.630. The van der Waals surface area contributed by atoms with Gasteiger partial charge in [-0.05, 0) is 51.3 Å². The lowest BCUT2D eigenvalue weighted by atomic mass is 10.1. The van der Waals surface area contributed by atoms with Gasteiger partial charge in [0.2, 0.25) is 15.9 Å². The fourth-order valence-electron chi connectivity index (χ4n) is 3.88. The van der Waals surface area contributed by atoms with Crippen molar-refractivity contribution in [3.8, 4) is 0 Å². The van der Waals surface area contributed by atoms with Crippen molar-refractivity contribution in [1.29, 1.82) is 0 Å². The highest BCUT2D eigenvalue weighted by Crippen LogP contribution is 2.30. The first-order valence-corrected chi connectivity index (χ1v) is 10.9. The van der Waals surface area contributed by atoms with Crippen molar-refractivity contribution in [2.75, 3.05) is 11.9 Å². The molecule has 0 saturated carbocycles. The molecule has 1 saturated heterocycles. The molecular formula is C20H21N3O6S. The van der Waals surface area contributed by atoms with Crippen LogP contribution in [0.3, 0.4) is 0 Å². The molecule has 0 spiro atoms. The molecule has 158 valence electrons. The Morgan fingerprint density at radius 2 is 2.00 bits per heavy atom. The fourth-order valence-corrected chi connectivity index (χ4v) is 5.83. The third-order valence-corrected chi connectivity index (χ3v) is 7.41. The Kier molecular flexibility index (Phi) is 4.99. The van der Waals surface area contributed by atoms with Gasteiger partial charge >= 0.3 is 5.63 Å². The number of hydrogen-bond donors (Lipinski definition) is 1. The molecule has 0 radical (unpaired) electrons. The monoisotopic (exact) mass is 431 g/mol. The Balaban J connectivity index is 1.62. The Hall–Kier alpha value is -2.98. The first kappa shape index (κ1) is 20.3. The van der Waals surface area contributed by atoms with Crippen molar-refractivity contribution in [1.82, 2.24) is 9.46 Å². The number of nitrogens with zero attached hydrogens (tertiary/aromatic N) is 2. The van der Waals surface area contributed by atoms with Crippen LogP contribution in [0.5, 0.6) is 0 Å². The Morgan fingerprint density at radius 1 is 1.23 bits per heavy atom. The van der Waals surface area contributed by atoms with E-state index in [0.29, 0.717) is 24.1 Å². The minimum Gasteiger partial charge on any atom is -0.423 e. The molecule has 1 atom stereocenters. The summed E-state index contributed by atoms with van der Waals surface area (Å²) >= 11 is 0. The van der Waals surface area contributed by atoms with Crippen LogP contribution >= 0.6 is 0 Å². The van der Waals surface area contributed by atoms with Gasteiger partial charge in [0.05, 0.1) is 0 Å². The van der Waals surface area contributed by atoms with Crippen molar-refractivity contribution in [2.24, 2.45) is 0 Å². The van der Waals surface area contributed by atoms with Gasteiger partial charge in [0.15, 0.2) is 5.76 Å². The maximum atomic E-state index is 13.2. The van der Waals surface area contributed by atoms with Crippen molar-refractivity contribution in [2.45, 2.75) is 44.6 Å². The lowest BCUT2D eigenvalue weighted by Crippen LogP contribution is -2.43. The smallest absolute Gasteiger partial charge is 0.336 e. The maximum absolute atomic E-state index is 13.2. The van der Waals surface area contributed by atoms with Gasteiger partial charge in [-0.15, -0.1) is 0 Å². The molecule has 1 aliphatic rings. The highest BCUT2D eigenvalue weighted by Gasteiger charge is 2.41. The fraction of sp³-hybridized carbons (Fsp3) is 0.350. The Labute approximate surface area is 172 Å². The topological polar surface area (TPSA) is 123 Å². The molecule has 30 heavy (non-hydrogen) atoms. The van der Waals surface area contributed by atoms with Crippen LogP contribution in [-0.2, 0) is 14.8 Å². The average Bonchev–Trinajstić information content (AvgIpc) is 3.28. The van der Waals surface area contributed by atoms with Gasteiger partial charge in [-0.3, -0.25) is 4.79 Å². The summed E-state index contributed by atoms with van der Waals surface area (Å²) in [5.74, 6) is -0.254. The number of aryl methyl sites for hydroxylation is 3. The van der Waals surface area contributed by atoms with Crippen LogP contribution in [0.4, 0.5) is 5.69 Å². The number of carbonyl (C=O) groups is 1. The summed E-state index contributed by atoms with van der Waals surface area (Å²) in [5.41, 5.74) is 1.33. The third kappa shape index (κ3) is 3.41.